The summed E-state index contributed by atoms with van der Waals surface area (Å²) < 4.78 is 0. The highest BCUT2D eigenvalue weighted by Gasteiger charge is 2.25. The first-order valence-electron chi connectivity index (χ1n) is 12.5. The van der Waals surface area contributed by atoms with Crippen LogP contribution < -0.4 is 5.32 Å². The highest BCUT2D eigenvalue weighted by atomic mass is 16.4. The number of nitrogens with one attached hydrogen (secondary N) is 1. The van der Waals surface area contributed by atoms with Gasteiger partial charge in [-0.3, -0.25) is 14.4 Å². The lowest BCUT2D eigenvalue weighted by atomic mass is 9.88. The van der Waals surface area contributed by atoms with Gasteiger partial charge in [-0.15, -0.1) is 0 Å². The first-order chi connectivity index (χ1) is 17.1. The van der Waals surface area contributed by atoms with Gasteiger partial charge in [0.05, 0.1) is 39.1 Å². The van der Waals surface area contributed by atoms with Crippen LogP contribution in [0, 0.1) is 5.41 Å². The first-order valence-corrected chi connectivity index (χ1v) is 12.5. The number of hydrogen-bond donors (Lipinski definition) is 7. The van der Waals surface area contributed by atoms with Crippen LogP contribution in [0.1, 0.15) is 32.6 Å². The summed E-state index contributed by atoms with van der Waals surface area (Å²) in [6.07, 6.45) is 1.47. The number of nitrogens with zero attached hydrogens (tertiary/aromatic N) is 3. The minimum atomic E-state index is -0.697. The second-order valence-corrected chi connectivity index (χ2v) is 9.03. The molecule has 4 aliphatic rings. The third-order valence-electron chi connectivity index (χ3n) is 5.55. The Balaban J connectivity index is 0.000000436. The smallest absolute Gasteiger partial charge is 0.304 e. The van der Waals surface area contributed by atoms with Crippen molar-refractivity contribution in [2.24, 2.45) is 5.41 Å². The summed E-state index contributed by atoms with van der Waals surface area (Å²) in [6, 6.07) is 0. The maximum Gasteiger partial charge on any atom is 0.304 e. The number of aliphatic carboxylic acids is 3. The molecule has 0 spiro atoms. The summed E-state index contributed by atoms with van der Waals surface area (Å²) in [5.41, 5.74) is -0.667. The lowest BCUT2D eigenvalue weighted by Crippen LogP contribution is -2.32. The molecule has 0 aliphatic carbocycles. The molecule has 4 saturated heterocycles. The zero-order valence-corrected chi connectivity index (χ0v) is 21.5. The minimum absolute atomic E-state index is 0.156. The Morgan fingerprint density at radius 3 is 0.972 bits per heavy atom. The molecule has 4 heterocycles. The zero-order valence-electron chi connectivity index (χ0n) is 21.5. The average Bonchev–Trinajstić information content (AvgIpc) is 3.71. The Kier molecular flexibility index (Phi) is 19.2. The molecule has 0 unspecified atom stereocenters. The lowest BCUT2D eigenvalue weighted by molar-refractivity contribution is -0.138. The van der Waals surface area contributed by atoms with Crippen molar-refractivity contribution < 1.29 is 45.0 Å². The van der Waals surface area contributed by atoms with E-state index in [1.807, 2.05) is 6.92 Å². The number of carboxylic acid groups (broad SMARTS) is 3. The second-order valence-electron chi connectivity index (χ2n) is 9.03. The van der Waals surface area contributed by atoms with Crippen molar-refractivity contribution in [2.75, 3.05) is 91.8 Å². The number of aliphatic hydroxyl groups excluding tert-OH is 3. The van der Waals surface area contributed by atoms with Gasteiger partial charge in [-0.2, -0.15) is 0 Å². The maximum atomic E-state index is 9.90. The molecule has 0 radical (unpaired) electrons. The van der Waals surface area contributed by atoms with E-state index >= 15 is 0 Å². The molecule has 0 aromatic rings. The highest BCUT2D eigenvalue weighted by molar-refractivity contribution is 5.67. The third-order valence-corrected chi connectivity index (χ3v) is 5.55. The maximum absolute atomic E-state index is 9.90. The van der Waals surface area contributed by atoms with Gasteiger partial charge in [0, 0.05) is 77.4 Å². The van der Waals surface area contributed by atoms with Gasteiger partial charge in [-0.05, 0) is 6.42 Å². The SMILES string of the molecule is C1CN1.CCC(CO)(CO)CO.O=C(O)CCN1CC1.O=C(O)CCN1CC1.O=C(O)CCN1CC1. The second kappa shape index (κ2) is 20.2. The van der Waals surface area contributed by atoms with Gasteiger partial charge >= 0.3 is 17.9 Å². The molecule has 36 heavy (non-hydrogen) atoms. The number of hydrogen-bond acceptors (Lipinski definition) is 10. The monoisotopic (exact) mass is 522 g/mol. The lowest BCUT2D eigenvalue weighted by Gasteiger charge is -2.24. The van der Waals surface area contributed by atoms with E-state index in [-0.39, 0.29) is 19.8 Å². The Labute approximate surface area is 213 Å². The number of carbonyl (C=O) groups is 3. The van der Waals surface area contributed by atoms with Crippen LogP contribution in [0.15, 0.2) is 0 Å². The molecule has 13 nitrogen and oxygen atoms in total. The molecule has 7 N–H and O–H groups in total. The Hall–Kier alpha value is -1.87. The van der Waals surface area contributed by atoms with Crippen LogP contribution in [0.5, 0.6) is 0 Å². The molecule has 0 aromatic carbocycles. The van der Waals surface area contributed by atoms with Crippen molar-refractivity contribution in [1.29, 1.82) is 0 Å². The molecule has 0 saturated carbocycles. The van der Waals surface area contributed by atoms with Crippen LogP contribution in [0.4, 0.5) is 0 Å². The molecule has 0 atom stereocenters. The molecule has 4 rings (SSSR count). The van der Waals surface area contributed by atoms with Crippen molar-refractivity contribution in [2.45, 2.75) is 32.6 Å². The van der Waals surface area contributed by atoms with Crippen LogP contribution in [-0.2, 0) is 14.4 Å². The van der Waals surface area contributed by atoms with Gasteiger partial charge in [0.2, 0.25) is 0 Å². The van der Waals surface area contributed by atoms with E-state index in [1.165, 1.54) is 13.1 Å². The van der Waals surface area contributed by atoms with Gasteiger partial charge < -0.3 is 50.7 Å². The van der Waals surface area contributed by atoms with E-state index in [2.05, 4.69) is 20.0 Å². The Bertz CT molecular complexity index is 524. The van der Waals surface area contributed by atoms with Gasteiger partial charge in [0.25, 0.3) is 0 Å². The van der Waals surface area contributed by atoms with Crippen LogP contribution in [0.2, 0.25) is 0 Å². The fourth-order valence-electron chi connectivity index (χ4n) is 2.13. The van der Waals surface area contributed by atoms with Crippen molar-refractivity contribution in [1.82, 2.24) is 20.0 Å². The Morgan fingerprint density at radius 1 is 0.639 bits per heavy atom. The minimum Gasteiger partial charge on any atom is -0.481 e. The fraction of sp³-hybridized carbons (Fsp3) is 0.870. The van der Waals surface area contributed by atoms with Gasteiger partial charge in [0.1, 0.15) is 0 Å². The molecule has 0 amide bonds. The molecular formula is C23H46N4O9. The van der Waals surface area contributed by atoms with Crippen LogP contribution in [0.25, 0.3) is 0 Å². The van der Waals surface area contributed by atoms with Crippen LogP contribution >= 0.6 is 0 Å². The molecule has 4 aliphatic heterocycles. The standard InChI is InChI=1S/C6H14O3.3C5H9NO2.C2H5N/c1-2-6(3-7,4-8)5-9;3*7-5(8)1-2-6-3-4-6;1-2-3-1/h7-9H,2-5H2,1H3;3*1-4H2,(H,7,8);3H,1-2H2. The van der Waals surface area contributed by atoms with Gasteiger partial charge in [-0.1, -0.05) is 6.92 Å². The molecule has 13 heteroatoms. The van der Waals surface area contributed by atoms with E-state index in [1.54, 1.807) is 0 Å². The predicted octanol–water partition coefficient (Wildman–Crippen LogP) is -1.72. The summed E-state index contributed by atoms with van der Waals surface area (Å²) in [5, 5.41) is 53.5. The molecular weight excluding hydrogens is 476 g/mol. The van der Waals surface area contributed by atoms with E-state index < -0.39 is 23.3 Å². The number of rotatable bonds is 13. The highest BCUT2D eigenvalue weighted by Crippen LogP contribution is 2.18. The molecule has 0 aromatic heterocycles. The number of aliphatic hydroxyl groups is 3. The van der Waals surface area contributed by atoms with Gasteiger partial charge in [-0.25, -0.2) is 0 Å². The topological polar surface area (TPSA) is 204 Å². The molecule has 212 valence electrons. The molecule has 4 fully saturated rings. The fourth-order valence-corrected chi connectivity index (χ4v) is 2.13. The zero-order chi connectivity index (χ0) is 27.4. The quantitative estimate of drug-likeness (QED) is 0.135. The third kappa shape index (κ3) is 25.2. The van der Waals surface area contributed by atoms with Crippen molar-refractivity contribution >= 4 is 17.9 Å². The summed E-state index contributed by atoms with van der Waals surface area (Å²) in [6.45, 7) is 12.6. The average molecular weight is 523 g/mol. The van der Waals surface area contributed by atoms with E-state index in [9.17, 15) is 14.4 Å². The van der Waals surface area contributed by atoms with Crippen molar-refractivity contribution in [3.05, 3.63) is 0 Å². The van der Waals surface area contributed by atoms with Crippen LogP contribution in [0.3, 0.4) is 0 Å². The summed E-state index contributed by atoms with van der Waals surface area (Å²) in [7, 11) is 0. The normalized spacial score (nSPS) is 17.3. The largest absolute Gasteiger partial charge is 0.481 e. The van der Waals surface area contributed by atoms with Crippen molar-refractivity contribution in [3.8, 4) is 0 Å². The summed E-state index contributed by atoms with van der Waals surface area (Å²) >= 11 is 0. The Morgan fingerprint density at radius 2 is 0.889 bits per heavy atom. The van der Waals surface area contributed by atoms with Gasteiger partial charge in [0.15, 0.2) is 0 Å². The predicted molar refractivity (Wildman–Crippen MR) is 133 cm³/mol. The first kappa shape index (κ1) is 34.1. The number of carboxylic acids is 3. The summed E-state index contributed by atoms with van der Waals surface area (Å²) in [5.74, 6) is -2.09. The van der Waals surface area contributed by atoms with Crippen molar-refractivity contribution in [3.63, 3.8) is 0 Å². The van der Waals surface area contributed by atoms with E-state index in [0.29, 0.717) is 25.7 Å². The summed E-state index contributed by atoms with van der Waals surface area (Å²) in [4.78, 5) is 36.0. The van der Waals surface area contributed by atoms with Crippen LogP contribution in [-0.4, -0.2) is 155 Å². The van der Waals surface area contributed by atoms with E-state index in [0.717, 1.165) is 58.9 Å². The molecule has 0 bridgehead atoms. The van der Waals surface area contributed by atoms with E-state index in [4.69, 9.17) is 30.6 Å².